The zero-order valence-corrected chi connectivity index (χ0v) is 13.8. The first-order valence-electron chi connectivity index (χ1n) is 7.85. The number of ether oxygens (including phenoxy) is 1. The number of benzene rings is 1. The maximum absolute atomic E-state index is 12.2. The largest absolute Gasteiger partial charge is 0.496 e. The second kappa shape index (κ2) is 6.04. The quantitative estimate of drug-likeness (QED) is 0.719. The lowest BCUT2D eigenvalue weighted by Gasteiger charge is -2.36. The van der Waals surface area contributed by atoms with Gasteiger partial charge < -0.3 is 18.7 Å². The van der Waals surface area contributed by atoms with E-state index >= 15 is 0 Å². The highest BCUT2D eigenvalue weighted by Gasteiger charge is 2.37. The van der Waals surface area contributed by atoms with Gasteiger partial charge in [0.05, 0.1) is 18.6 Å². The van der Waals surface area contributed by atoms with Crippen molar-refractivity contribution in [3.63, 3.8) is 0 Å². The third-order valence-corrected chi connectivity index (χ3v) is 4.15. The van der Waals surface area contributed by atoms with Crippen LogP contribution in [0.3, 0.4) is 0 Å². The molecule has 0 bridgehead atoms. The van der Waals surface area contributed by atoms with Crippen molar-refractivity contribution in [1.29, 1.82) is 0 Å². The third-order valence-electron chi connectivity index (χ3n) is 4.15. The van der Waals surface area contributed by atoms with Crippen LogP contribution in [0.2, 0.25) is 0 Å². The van der Waals surface area contributed by atoms with Crippen LogP contribution in [0.4, 0.5) is 0 Å². The Labute approximate surface area is 143 Å². The van der Waals surface area contributed by atoms with Crippen molar-refractivity contribution in [2.75, 3.05) is 20.2 Å². The van der Waals surface area contributed by atoms with E-state index in [9.17, 15) is 4.79 Å². The topological polar surface area (TPSA) is 94.5 Å². The fourth-order valence-electron chi connectivity index (χ4n) is 2.77. The predicted octanol–water partition coefficient (Wildman–Crippen LogP) is 2.28. The number of likely N-dealkylation sites (tertiary alicyclic amines) is 1. The first-order valence-corrected chi connectivity index (χ1v) is 7.85. The van der Waals surface area contributed by atoms with Crippen LogP contribution in [0.5, 0.6) is 5.75 Å². The van der Waals surface area contributed by atoms with Gasteiger partial charge in [-0.25, -0.2) is 0 Å². The van der Waals surface area contributed by atoms with Crippen LogP contribution < -0.4 is 4.74 Å². The monoisotopic (exact) mass is 340 g/mol. The average Bonchev–Trinajstić information content (AvgIpc) is 3.23. The number of carbonyl (C=O) groups is 1. The summed E-state index contributed by atoms with van der Waals surface area (Å²) in [5.74, 6) is 2.15. The van der Waals surface area contributed by atoms with Crippen LogP contribution in [0, 0.1) is 6.92 Å². The van der Waals surface area contributed by atoms with E-state index in [1.54, 1.807) is 25.0 Å². The standard InChI is InChI=1S/C17H16N4O4/c1-10-7-13(19-24-10)17(22)21-8-11(9-21)16-18-15(20-25-16)12-5-3-4-6-14(12)23-2/h3-7,11H,8-9H2,1-2H3. The van der Waals surface area contributed by atoms with Gasteiger partial charge in [-0.05, 0) is 19.1 Å². The lowest BCUT2D eigenvalue weighted by atomic mass is 9.99. The van der Waals surface area contributed by atoms with Gasteiger partial charge in [-0.1, -0.05) is 22.4 Å². The lowest BCUT2D eigenvalue weighted by molar-refractivity contribution is 0.0558. The molecule has 3 aromatic rings. The molecule has 1 fully saturated rings. The molecular formula is C17H16N4O4. The van der Waals surface area contributed by atoms with Crippen molar-refractivity contribution in [1.82, 2.24) is 20.2 Å². The van der Waals surface area contributed by atoms with E-state index in [1.165, 1.54) is 0 Å². The molecule has 1 aliphatic heterocycles. The molecule has 1 aromatic carbocycles. The van der Waals surface area contributed by atoms with Crippen molar-refractivity contribution < 1.29 is 18.6 Å². The summed E-state index contributed by atoms with van der Waals surface area (Å²) in [5, 5.41) is 7.78. The number of hydrogen-bond acceptors (Lipinski definition) is 7. The molecule has 3 heterocycles. The van der Waals surface area contributed by atoms with Crippen LogP contribution >= 0.6 is 0 Å². The molecule has 1 amide bonds. The van der Waals surface area contributed by atoms with Gasteiger partial charge in [0.1, 0.15) is 11.5 Å². The number of hydrogen-bond donors (Lipinski definition) is 0. The number of amides is 1. The molecule has 1 saturated heterocycles. The van der Waals surface area contributed by atoms with Gasteiger partial charge in [-0.2, -0.15) is 4.98 Å². The van der Waals surface area contributed by atoms with E-state index in [0.29, 0.717) is 42.0 Å². The van der Waals surface area contributed by atoms with Crippen LogP contribution in [0.25, 0.3) is 11.4 Å². The molecule has 128 valence electrons. The van der Waals surface area contributed by atoms with E-state index in [2.05, 4.69) is 15.3 Å². The van der Waals surface area contributed by atoms with Crippen molar-refractivity contribution in [2.24, 2.45) is 0 Å². The van der Waals surface area contributed by atoms with Gasteiger partial charge in [-0.3, -0.25) is 4.79 Å². The molecular weight excluding hydrogens is 324 g/mol. The molecule has 0 N–H and O–H groups in total. The molecule has 2 aromatic heterocycles. The lowest BCUT2D eigenvalue weighted by Crippen LogP contribution is -2.48. The Morgan fingerprint density at radius 2 is 2.04 bits per heavy atom. The van der Waals surface area contributed by atoms with E-state index in [1.807, 2.05) is 24.3 Å². The maximum Gasteiger partial charge on any atom is 0.276 e. The van der Waals surface area contributed by atoms with Gasteiger partial charge in [0, 0.05) is 19.2 Å². The highest BCUT2D eigenvalue weighted by molar-refractivity contribution is 5.92. The van der Waals surface area contributed by atoms with Gasteiger partial charge >= 0.3 is 0 Å². The molecule has 0 radical (unpaired) electrons. The number of rotatable bonds is 4. The summed E-state index contributed by atoms with van der Waals surface area (Å²) in [5.41, 5.74) is 1.08. The van der Waals surface area contributed by atoms with Crippen molar-refractivity contribution >= 4 is 5.91 Å². The second-order valence-corrected chi connectivity index (χ2v) is 5.89. The minimum atomic E-state index is -0.155. The van der Waals surface area contributed by atoms with Gasteiger partial charge in [0.2, 0.25) is 11.7 Å². The minimum absolute atomic E-state index is 0.0212. The van der Waals surface area contributed by atoms with Crippen molar-refractivity contribution in [3.05, 3.63) is 47.7 Å². The molecule has 8 heteroatoms. The molecule has 0 spiro atoms. The Bertz CT molecular complexity index is 911. The van der Waals surface area contributed by atoms with Crippen LogP contribution in [0.1, 0.15) is 28.1 Å². The van der Waals surface area contributed by atoms with E-state index < -0.39 is 0 Å². The van der Waals surface area contributed by atoms with Gasteiger partial charge in [0.25, 0.3) is 5.91 Å². The van der Waals surface area contributed by atoms with Crippen molar-refractivity contribution in [2.45, 2.75) is 12.8 Å². The first kappa shape index (κ1) is 15.4. The third kappa shape index (κ3) is 2.75. The summed E-state index contributed by atoms with van der Waals surface area (Å²) in [6.07, 6.45) is 0. The summed E-state index contributed by atoms with van der Waals surface area (Å²) in [7, 11) is 1.60. The number of methoxy groups -OCH3 is 1. The van der Waals surface area contributed by atoms with E-state index in [0.717, 1.165) is 5.56 Å². The Morgan fingerprint density at radius 1 is 1.24 bits per heavy atom. The maximum atomic E-state index is 12.2. The minimum Gasteiger partial charge on any atom is -0.496 e. The Kier molecular flexibility index (Phi) is 3.72. The first-order chi connectivity index (χ1) is 12.2. The number of para-hydroxylation sites is 1. The second-order valence-electron chi connectivity index (χ2n) is 5.89. The normalized spacial score (nSPS) is 14.4. The van der Waals surface area contributed by atoms with Crippen LogP contribution in [-0.2, 0) is 0 Å². The Morgan fingerprint density at radius 3 is 2.76 bits per heavy atom. The predicted molar refractivity (Wildman–Crippen MR) is 86.2 cm³/mol. The zero-order valence-electron chi connectivity index (χ0n) is 13.8. The summed E-state index contributed by atoms with van der Waals surface area (Å²) in [4.78, 5) is 18.4. The number of aryl methyl sites for hydroxylation is 1. The van der Waals surface area contributed by atoms with E-state index in [4.69, 9.17) is 13.8 Å². The number of carbonyl (C=O) groups excluding carboxylic acids is 1. The fraction of sp³-hybridized carbons (Fsp3) is 0.294. The molecule has 0 saturated carbocycles. The SMILES string of the molecule is COc1ccccc1-c1noc(C2CN(C(=O)c3cc(C)on3)C2)n1. The highest BCUT2D eigenvalue weighted by atomic mass is 16.5. The number of nitrogens with zero attached hydrogens (tertiary/aromatic N) is 4. The summed E-state index contributed by atoms with van der Waals surface area (Å²) < 4.78 is 15.6. The van der Waals surface area contributed by atoms with Gasteiger partial charge in [0.15, 0.2) is 5.69 Å². The Balaban J connectivity index is 1.45. The molecule has 0 atom stereocenters. The fourth-order valence-corrected chi connectivity index (χ4v) is 2.77. The van der Waals surface area contributed by atoms with Gasteiger partial charge in [-0.15, -0.1) is 0 Å². The van der Waals surface area contributed by atoms with E-state index in [-0.39, 0.29) is 11.8 Å². The molecule has 0 aliphatic carbocycles. The molecule has 25 heavy (non-hydrogen) atoms. The molecule has 8 nitrogen and oxygen atoms in total. The Hall–Kier alpha value is -3.16. The van der Waals surface area contributed by atoms with Crippen molar-refractivity contribution in [3.8, 4) is 17.1 Å². The number of aromatic nitrogens is 3. The smallest absolute Gasteiger partial charge is 0.276 e. The molecule has 1 aliphatic rings. The van der Waals surface area contributed by atoms with Crippen LogP contribution in [0.15, 0.2) is 39.4 Å². The summed E-state index contributed by atoms with van der Waals surface area (Å²) >= 11 is 0. The molecule has 0 unspecified atom stereocenters. The average molecular weight is 340 g/mol. The molecule has 4 rings (SSSR count). The highest BCUT2D eigenvalue weighted by Crippen LogP contribution is 2.31. The van der Waals surface area contributed by atoms with Crippen LogP contribution in [-0.4, -0.2) is 46.3 Å². The summed E-state index contributed by atoms with van der Waals surface area (Å²) in [6, 6.07) is 9.11. The zero-order chi connectivity index (χ0) is 17.4. The summed E-state index contributed by atoms with van der Waals surface area (Å²) in [6.45, 7) is 2.77.